The molecule has 5 heteroatoms. The van der Waals surface area contributed by atoms with Crippen molar-refractivity contribution in [3.05, 3.63) is 28.2 Å². The van der Waals surface area contributed by atoms with Crippen molar-refractivity contribution in [1.82, 2.24) is 5.32 Å². The molecule has 1 aliphatic rings. The number of hydrogen-bond acceptors (Lipinski definition) is 4. The highest BCUT2D eigenvalue weighted by atomic mass is 79.9. The van der Waals surface area contributed by atoms with Gasteiger partial charge in [0.25, 0.3) is 0 Å². The zero-order valence-electron chi connectivity index (χ0n) is 11.3. The van der Waals surface area contributed by atoms with E-state index >= 15 is 0 Å². The van der Waals surface area contributed by atoms with E-state index in [1.165, 1.54) is 0 Å². The zero-order chi connectivity index (χ0) is 13.9. The van der Waals surface area contributed by atoms with Gasteiger partial charge in [0.2, 0.25) is 0 Å². The Bertz CT molecular complexity index is 433. The highest BCUT2D eigenvalue weighted by molar-refractivity contribution is 9.10. The van der Waals surface area contributed by atoms with E-state index in [1.807, 2.05) is 18.2 Å². The molecule has 1 aliphatic heterocycles. The summed E-state index contributed by atoms with van der Waals surface area (Å²) in [7, 11) is 1.65. The Morgan fingerprint density at radius 3 is 2.95 bits per heavy atom. The molecule has 1 aromatic rings. The summed E-state index contributed by atoms with van der Waals surface area (Å²) in [6.07, 6.45) is 0.691. The number of ether oxygens (including phenoxy) is 2. The van der Waals surface area contributed by atoms with Crippen LogP contribution in [0, 0.1) is 0 Å². The third-order valence-electron chi connectivity index (χ3n) is 3.49. The predicted octanol–water partition coefficient (Wildman–Crippen LogP) is 2.26. The molecular formula is C14H20BrNO3. The van der Waals surface area contributed by atoms with Gasteiger partial charge in [0, 0.05) is 30.1 Å². The summed E-state index contributed by atoms with van der Waals surface area (Å²) >= 11 is 3.55. The van der Waals surface area contributed by atoms with E-state index in [4.69, 9.17) is 9.47 Å². The number of hydrogen-bond donors (Lipinski definition) is 2. The fourth-order valence-corrected chi connectivity index (χ4v) is 2.88. The van der Waals surface area contributed by atoms with Gasteiger partial charge in [0.05, 0.1) is 13.7 Å². The van der Waals surface area contributed by atoms with Gasteiger partial charge in [-0.2, -0.15) is 0 Å². The summed E-state index contributed by atoms with van der Waals surface area (Å²) in [5.41, 5.74) is 0.413. The van der Waals surface area contributed by atoms with E-state index in [1.54, 1.807) is 7.11 Å². The SMILES string of the molecule is COc1ccc([C@H](C)NC[C@]2(O)CCOC2)c(Br)c1. The van der Waals surface area contributed by atoms with Gasteiger partial charge in [0.15, 0.2) is 0 Å². The van der Waals surface area contributed by atoms with E-state index in [0.29, 0.717) is 26.2 Å². The Kier molecular flexibility index (Phi) is 4.84. The van der Waals surface area contributed by atoms with Crippen molar-refractivity contribution < 1.29 is 14.6 Å². The summed E-state index contributed by atoms with van der Waals surface area (Å²) in [5, 5.41) is 13.6. The molecule has 2 atom stereocenters. The van der Waals surface area contributed by atoms with Crippen molar-refractivity contribution in [1.29, 1.82) is 0 Å². The molecule has 0 amide bonds. The van der Waals surface area contributed by atoms with Crippen LogP contribution in [0.2, 0.25) is 0 Å². The maximum Gasteiger partial charge on any atom is 0.120 e. The number of methoxy groups -OCH3 is 1. The van der Waals surface area contributed by atoms with Gasteiger partial charge in [-0.3, -0.25) is 0 Å². The Morgan fingerprint density at radius 1 is 1.58 bits per heavy atom. The first-order valence-corrected chi connectivity index (χ1v) is 7.20. The van der Waals surface area contributed by atoms with Crippen LogP contribution in [-0.2, 0) is 4.74 Å². The van der Waals surface area contributed by atoms with Crippen LogP contribution in [0.1, 0.15) is 24.9 Å². The molecule has 1 saturated heterocycles. The van der Waals surface area contributed by atoms with Crippen molar-refractivity contribution in [2.75, 3.05) is 26.9 Å². The maximum absolute atomic E-state index is 10.2. The van der Waals surface area contributed by atoms with Gasteiger partial charge in [-0.05, 0) is 24.6 Å². The Hall–Kier alpha value is -0.620. The molecule has 0 spiro atoms. The Morgan fingerprint density at radius 2 is 2.37 bits per heavy atom. The van der Waals surface area contributed by atoms with Crippen LogP contribution in [0.4, 0.5) is 0 Å². The summed E-state index contributed by atoms with van der Waals surface area (Å²) in [5.74, 6) is 0.825. The molecule has 1 heterocycles. The average molecular weight is 330 g/mol. The van der Waals surface area contributed by atoms with Crippen LogP contribution >= 0.6 is 15.9 Å². The lowest BCUT2D eigenvalue weighted by atomic mass is 10.0. The molecule has 1 fully saturated rings. The number of halogens is 1. The summed E-state index contributed by atoms with van der Waals surface area (Å²) in [6.45, 7) is 3.66. The average Bonchev–Trinajstić information content (AvgIpc) is 2.83. The Labute approximate surface area is 122 Å². The second-order valence-electron chi connectivity index (χ2n) is 5.02. The maximum atomic E-state index is 10.2. The molecule has 1 aromatic carbocycles. The monoisotopic (exact) mass is 329 g/mol. The lowest BCUT2D eigenvalue weighted by Gasteiger charge is -2.24. The quantitative estimate of drug-likeness (QED) is 0.870. The first-order valence-electron chi connectivity index (χ1n) is 6.41. The summed E-state index contributed by atoms with van der Waals surface area (Å²) < 4.78 is 11.4. The van der Waals surface area contributed by atoms with Crippen LogP contribution in [-0.4, -0.2) is 37.6 Å². The van der Waals surface area contributed by atoms with E-state index in [9.17, 15) is 5.11 Å². The van der Waals surface area contributed by atoms with Crippen molar-refractivity contribution in [3.8, 4) is 5.75 Å². The normalized spacial score (nSPS) is 24.4. The Balaban J connectivity index is 1.97. The largest absolute Gasteiger partial charge is 0.497 e. The van der Waals surface area contributed by atoms with Crippen molar-refractivity contribution in [2.24, 2.45) is 0 Å². The summed E-state index contributed by atoms with van der Waals surface area (Å²) in [6, 6.07) is 6.05. The smallest absolute Gasteiger partial charge is 0.120 e. The standard InChI is InChI=1S/C14H20BrNO3/c1-10(16-8-14(17)5-6-19-9-14)12-4-3-11(18-2)7-13(12)15/h3-4,7,10,16-17H,5-6,8-9H2,1-2H3/t10-,14+/m0/s1. The number of benzene rings is 1. The van der Waals surface area contributed by atoms with Gasteiger partial charge in [0.1, 0.15) is 11.4 Å². The number of aliphatic hydroxyl groups is 1. The van der Waals surface area contributed by atoms with Crippen molar-refractivity contribution in [2.45, 2.75) is 25.0 Å². The molecule has 0 saturated carbocycles. The molecule has 0 radical (unpaired) electrons. The molecule has 4 nitrogen and oxygen atoms in total. The van der Waals surface area contributed by atoms with Crippen LogP contribution in [0.3, 0.4) is 0 Å². The third-order valence-corrected chi connectivity index (χ3v) is 4.18. The van der Waals surface area contributed by atoms with Gasteiger partial charge in [-0.15, -0.1) is 0 Å². The molecule has 0 aliphatic carbocycles. The van der Waals surface area contributed by atoms with Crippen LogP contribution in [0.5, 0.6) is 5.75 Å². The number of rotatable bonds is 5. The lowest BCUT2D eigenvalue weighted by molar-refractivity contribution is 0.0252. The molecule has 0 unspecified atom stereocenters. The minimum Gasteiger partial charge on any atom is -0.497 e. The highest BCUT2D eigenvalue weighted by Gasteiger charge is 2.32. The molecule has 2 rings (SSSR count). The second kappa shape index (κ2) is 6.22. The molecule has 0 aromatic heterocycles. The van der Waals surface area contributed by atoms with Crippen molar-refractivity contribution >= 4 is 15.9 Å². The van der Waals surface area contributed by atoms with Gasteiger partial charge < -0.3 is 19.9 Å². The van der Waals surface area contributed by atoms with Crippen LogP contribution < -0.4 is 10.1 Å². The van der Waals surface area contributed by atoms with E-state index in [0.717, 1.165) is 15.8 Å². The predicted molar refractivity (Wildman–Crippen MR) is 77.5 cm³/mol. The second-order valence-corrected chi connectivity index (χ2v) is 5.87. The molecule has 19 heavy (non-hydrogen) atoms. The summed E-state index contributed by atoms with van der Waals surface area (Å²) in [4.78, 5) is 0. The molecular weight excluding hydrogens is 310 g/mol. The van der Waals surface area contributed by atoms with E-state index < -0.39 is 5.60 Å². The highest BCUT2D eigenvalue weighted by Crippen LogP contribution is 2.28. The van der Waals surface area contributed by atoms with Crippen molar-refractivity contribution in [3.63, 3.8) is 0 Å². The minimum absolute atomic E-state index is 0.143. The molecule has 106 valence electrons. The minimum atomic E-state index is -0.729. The van der Waals surface area contributed by atoms with Gasteiger partial charge in [-0.25, -0.2) is 0 Å². The van der Waals surface area contributed by atoms with E-state index in [2.05, 4.69) is 28.2 Å². The first kappa shape index (κ1) is 14.8. The fourth-order valence-electron chi connectivity index (χ4n) is 2.17. The van der Waals surface area contributed by atoms with E-state index in [-0.39, 0.29) is 6.04 Å². The number of nitrogens with one attached hydrogen (secondary N) is 1. The third kappa shape index (κ3) is 3.69. The first-order chi connectivity index (χ1) is 9.04. The lowest BCUT2D eigenvalue weighted by Crippen LogP contribution is -2.41. The fraction of sp³-hybridized carbons (Fsp3) is 0.571. The van der Waals surface area contributed by atoms with Crippen LogP contribution in [0.25, 0.3) is 0 Å². The molecule has 0 bridgehead atoms. The van der Waals surface area contributed by atoms with Gasteiger partial charge in [-0.1, -0.05) is 22.0 Å². The van der Waals surface area contributed by atoms with Gasteiger partial charge >= 0.3 is 0 Å². The van der Waals surface area contributed by atoms with Crippen LogP contribution in [0.15, 0.2) is 22.7 Å². The topological polar surface area (TPSA) is 50.7 Å². The zero-order valence-corrected chi connectivity index (χ0v) is 12.9. The molecule has 2 N–H and O–H groups in total.